The first kappa shape index (κ1) is 43.9. The summed E-state index contributed by atoms with van der Waals surface area (Å²) in [5.74, 6) is 0. The Labute approximate surface area is 292 Å². The molecule has 0 spiro atoms. The van der Waals surface area contributed by atoms with Crippen LogP contribution in [-0.2, 0) is 0 Å². The van der Waals surface area contributed by atoms with Gasteiger partial charge < -0.3 is 15.1 Å². The number of nitrogens with zero attached hydrogens (tertiary/aromatic N) is 2. The fourth-order valence-electron chi connectivity index (χ4n) is 7.97. The van der Waals surface area contributed by atoms with Crippen molar-refractivity contribution < 1.29 is 0 Å². The third-order valence-electron chi connectivity index (χ3n) is 11.1. The van der Waals surface area contributed by atoms with E-state index < -0.39 is 0 Å². The summed E-state index contributed by atoms with van der Waals surface area (Å²) in [6.45, 7) is 17.3. The third-order valence-corrected chi connectivity index (χ3v) is 11.1. The van der Waals surface area contributed by atoms with Crippen LogP contribution in [0.3, 0.4) is 0 Å². The van der Waals surface area contributed by atoms with Crippen LogP contribution in [-0.4, -0.2) is 61.2 Å². The number of unbranched alkanes of at least 4 members (excludes halogenated alkanes) is 17. The fraction of sp³-hybridized carbons (Fsp3) is 1.00. The summed E-state index contributed by atoms with van der Waals surface area (Å²) in [4.78, 5) is 5.61. The second kappa shape index (κ2) is 34.7. The van der Waals surface area contributed by atoms with Gasteiger partial charge in [0.05, 0.1) is 0 Å². The highest BCUT2D eigenvalue weighted by atomic mass is 15.2. The van der Waals surface area contributed by atoms with E-state index in [1.807, 2.05) is 0 Å². The van der Waals surface area contributed by atoms with E-state index in [0.717, 1.165) is 12.1 Å². The molecule has 3 rings (SSSR count). The number of likely N-dealkylation sites (tertiary alicyclic amines) is 2. The molecule has 0 aliphatic carbocycles. The van der Waals surface area contributed by atoms with Gasteiger partial charge in [-0.05, 0) is 103 Å². The van der Waals surface area contributed by atoms with Crippen molar-refractivity contribution in [1.29, 1.82) is 0 Å². The van der Waals surface area contributed by atoms with Gasteiger partial charge in [-0.2, -0.15) is 0 Å². The molecule has 0 radical (unpaired) electrons. The Hall–Kier alpha value is -0.120. The van der Waals surface area contributed by atoms with Crippen LogP contribution >= 0.6 is 0 Å². The smallest absolute Gasteiger partial charge is 0.00952 e. The Balaban J connectivity index is 0.000000398. The van der Waals surface area contributed by atoms with E-state index in [2.05, 4.69) is 42.8 Å². The molecule has 0 aromatic heterocycles. The molecule has 3 saturated heterocycles. The van der Waals surface area contributed by atoms with E-state index in [0.29, 0.717) is 0 Å². The Kier molecular flexibility index (Phi) is 33.1. The van der Waals surface area contributed by atoms with Crippen molar-refractivity contribution in [2.75, 3.05) is 39.3 Å². The van der Waals surface area contributed by atoms with Crippen molar-refractivity contribution in [3.05, 3.63) is 0 Å². The average Bonchev–Trinajstić information content (AvgIpc) is 3.90. The van der Waals surface area contributed by atoms with Gasteiger partial charge in [-0.25, -0.2) is 0 Å². The Morgan fingerprint density at radius 3 is 0.870 bits per heavy atom. The fourth-order valence-corrected chi connectivity index (χ4v) is 7.97. The van der Waals surface area contributed by atoms with Crippen molar-refractivity contribution in [2.45, 2.75) is 239 Å². The van der Waals surface area contributed by atoms with E-state index in [-0.39, 0.29) is 0 Å². The zero-order valence-electron chi connectivity index (χ0n) is 32.7. The molecule has 3 heteroatoms. The molecule has 3 aliphatic heterocycles. The SMILES string of the molecule is C1CCNC1.CCCCCCCCC(CCCCCC)N1CCCC1.CCCCCCCCCC(CCCCCC)N1CCCC1. The lowest BCUT2D eigenvalue weighted by Gasteiger charge is -2.27. The lowest BCUT2D eigenvalue weighted by Crippen LogP contribution is -2.32. The Morgan fingerprint density at radius 2 is 0.609 bits per heavy atom. The van der Waals surface area contributed by atoms with Crippen LogP contribution in [0, 0.1) is 0 Å². The topological polar surface area (TPSA) is 18.5 Å². The van der Waals surface area contributed by atoms with E-state index in [9.17, 15) is 0 Å². The van der Waals surface area contributed by atoms with Crippen LogP contribution in [0.25, 0.3) is 0 Å². The minimum atomic E-state index is 0.917. The van der Waals surface area contributed by atoms with Crippen LogP contribution in [0.15, 0.2) is 0 Å². The summed E-state index contributed by atoms with van der Waals surface area (Å²) in [5.41, 5.74) is 0. The number of nitrogens with one attached hydrogen (secondary N) is 1. The third kappa shape index (κ3) is 25.8. The first-order chi connectivity index (χ1) is 22.8. The van der Waals surface area contributed by atoms with Crippen molar-refractivity contribution >= 4 is 0 Å². The Morgan fingerprint density at radius 1 is 0.348 bits per heavy atom. The molecule has 3 heterocycles. The molecule has 3 fully saturated rings. The first-order valence-electron chi connectivity index (χ1n) is 21.9. The van der Waals surface area contributed by atoms with Crippen LogP contribution in [0.4, 0.5) is 0 Å². The van der Waals surface area contributed by atoms with Crippen molar-refractivity contribution in [3.63, 3.8) is 0 Å². The minimum Gasteiger partial charge on any atom is -0.317 e. The summed E-state index contributed by atoms with van der Waals surface area (Å²) in [7, 11) is 0. The largest absolute Gasteiger partial charge is 0.317 e. The number of rotatable bonds is 27. The molecule has 0 aromatic carbocycles. The molecule has 2 unspecified atom stereocenters. The van der Waals surface area contributed by atoms with Gasteiger partial charge in [0.25, 0.3) is 0 Å². The van der Waals surface area contributed by atoms with Crippen LogP contribution < -0.4 is 5.32 Å². The lowest BCUT2D eigenvalue weighted by molar-refractivity contribution is 0.209. The van der Waals surface area contributed by atoms with Crippen molar-refractivity contribution in [1.82, 2.24) is 15.1 Å². The molecule has 3 nitrogen and oxygen atoms in total. The summed E-state index contributed by atoms with van der Waals surface area (Å²) >= 11 is 0. The number of hydrogen-bond donors (Lipinski definition) is 1. The number of hydrogen-bond acceptors (Lipinski definition) is 3. The van der Waals surface area contributed by atoms with Gasteiger partial charge in [0.2, 0.25) is 0 Å². The van der Waals surface area contributed by atoms with Crippen LogP contribution in [0.1, 0.15) is 227 Å². The zero-order valence-corrected chi connectivity index (χ0v) is 32.7. The normalized spacial score (nSPS) is 18.3. The maximum Gasteiger partial charge on any atom is 0.00952 e. The van der Waals surface area contributed by atoms with Gasteiger partial charge in [0.15, 0.2) is 0 Å². The summed E-state index contributed by atoms with van der Waals surface area (Å²) in [6.07, 6.45) is 44.7. The highest BCUT2D eigenvalue weighted by molar-refractivity contribution is 4.77. The van der Waals surface area contributed by atoms with Gasteiger partial charge in [-0.3, -0.25) is 0 Å². The molecule has 2 atom stereocenters. The predicted molar refractivity (Wildman–Crippen MR) is 209 cm³/mol. The van der Waals surface area contributed by atoms with Gasteiger partial charge in [-0.1, -0.05) is 163 Å². The second-order valence-electron chi connectivity index (χ2n) is 15.4. The zero-order chi connectivity index (χ0) is 33.2. The minimum absolute atomic E-state index is 0.917. The maximum absolute atomic E-state index is 3.22. The summed E-state index contributed by atoms with van der Waals surface area (Å²) in [6, 6.07) is 1.83. The molecule has 3 aliphatic rings. The highest BCUT2D eigenvalue weighted by Crippen LogP contribution is 2.23. The molecular weight excluding hydrogens is 558 g/mol. The summed E-state index contributed by atoms with van der Waals surface area (Å²) in [5, 5.41) is 3.22. The van der Waals surface area contributed by atoms with E-state index in [4.69, 9.17) is 0 Å². The van der Waals surface area contributed by atoms with E-state index in [1.165, 1.54) is 238 Å². The molecule has 46 heavy (non-hydrogen) atoms. The predicted octanol–water partition coefficient (Wildman–Crippen LogP) is 13.1. The molecule has 0 saturated carbocycles. The first-order valence-corrected chi connectivity index (χ1v) is 21.9. The standard InChI is InChI=1S/C20H41N.C19H39N.C4H9N/c1-3-5-7-9-10-11-13-17-20(16-12-8-6-4-2)21-18-14-15-19-21;1-3-5-7-9-10-12-16-19(15-11-8-6-4-2)20-17-13-14-18-20;1-2-4-5-3-1/h20H,3-19H2,1-2H3;19H,3-18H2,1-2H3;5H,1-4H2. The molecule has 0 bridgehead atoms. The molecule has 0 aromatic rings. The lowest BCUT2D eigenvalue weighted by atomic mass is 9.99. The summed E-state index contributed by atoms with van der Waals surface area (Å²) < 4.78 is 0. The average molecular weight is 648 g/mol. The maximum atomic E-state index is 3.22. The molecule has 1 N–H and O–H groups in total. The van der Waals surface area contributed by atoms with Gasteiger partial charge >= 0.3 is 0 Å². The molecular formula is C43H89N3. The Bertz CT molecular complexity index is 557. The molecule has 0 amide bonds. The van der Waals surface area contributed by atoms with Gasteiger partial charge in [-0.15, -0.1) is 0 Å². The van der Waals surface area contributed by atoms with E-state index >= 15 is 0 Å². The van der Waals surface area contributed by atoms with Crippen LogP contribution in [0.2, 0.25) is 0 Å². The monoisotopic (exact) mass is 648 g/mol. The van der Waals surface area contributed by atoms with Crippen molar-refractivity contribution in [3.8, 4) is 0 Å². The highest BCUT2D eigenvalue weighted by Gasteiger charge is 2.22. The second-order valence-corrected chi connectivity index (χ2v) is 15.4. The van der Waals surface area contributed by atoms with Gasteiger partial charge in [0.1, 0.15) is 0 Å². The van der Waals surface area contributed by atoms with Crippen molar-refractivity contribution in [2.24, 2.45) is 0 Å². The quantitative estimate of drug-likeness (QED) is 0.0895. The van der Waals surface area contributed by atoms with Gasteiger partial charge in [0, 0.05) is 12.1 Å². The molecule has 276 valence electrons. The van der Waals surface area contributed by atoms with Crippen LogP contribution in [0.5, 0.6) is 0 Å². The van der Waals surface area contributed by atoms with E-state index in [1.54, 1.807) is 0 Å².